The molecule has 0 aliphatic carbocycles. The topological polar surface area (TPSA) is 103 Å². The lowest BCUT2D eigenvalue weighted by molar-refractivity contribution is -0.136. The standard InChI is InChI=1S/C20H28N8O2/c1-5-15(20(29)27-7-9-30-10-8-27)24-17-16-19(22-12-21-17)26(4)18(25-16)14-11-23-28(6-2)13(14)3/h11-12,15H,5-10H2,1-4H3,(H,21,22,24)/t15-/m1/s1. The van der Waals surface area contributed by atoms with Gasteiger partial charge >= 0.3 is 0 Å². The van der Waals surface area contributed by atoms with E-state index in [1.807, 2.05) is 41.2 Å². The number of hydrogen-bond donors (Lipinski definition) is 1. The number of nitrogens with zero attached hydrogens (tertiary/aromatic N) is 7. The van der Waals surface area contributed by atoms with E-state index in [0.29, 0.717) is 49.7 Å². The summed E-state index contributed by atoms with van der Waals surface area (Å²) in [5.74, 6) is 1.40. The Morgan fingerprint density at radius 3 is 2.70 bits per heavy atom. The van der Waals surface area contributed by atoms with Gasteiger partial charge in [-0.1, -0.05) is 6.92 Å². The quantitative estimate of drug-likeness (QED) is 0.656. The Morgan fingerprint density at radius 1 is 1.27 bits per heavy atom. The van der Waals surface area contributed by atoms with Crippen molar-refractivity contribution in [1.82, 2.24) is 34.2 Å². The maximum atomic E-state index is 13.0. The minimum Gasteiger partial charge on any atom is -0.378 e. The van der Waals surface area contributed by atoms with Crippen LogP contribution in [0, 0.1) is 6.92 Å². The number of carbonyl (C=O) groups is 1. The fourth-order valence-electron chi connectivity index (χ4n) is 3.84. The number of fused-ring (bicyclic) bond motifs is 1. The molecule has 1 saturated heterocycles. The zero-order chi connectivity index (χ0) is 21.3. The highest BCUT2D eigenvalue weighted by Crippen LogP contribution is 2.28. The molecule has 3 aromatic heterocycles. The first kappa shape index (κ1) is 20.3. The number of aromatic nitrogens is 6. The number of ether oxygens (including phenoxy) is 1. The van der Waals surface area contributed by atoms with Crippen LogP contribution in [0.15, 0.2) is 12.5 Å². The molecule has 10 heteroatoms. The van der Waals surface area contributed by atoms with Gasteiger partial charge < -0.3 is 19.5 Å². The molecule has 4 heterocycles. The van der Waals surface area contributed by atoms with E-state index < -0.39 is 0 Å². The molecule has 1 aliphatic rings. The Hall–Kier alpha value is -3.01. The van der Waals surface area contributed by atoms with Gasteiger partial charge in [0.1, 0.15) is 18.2 Å². The number of imidazole rings is 1. The van der Waals surface area contributed by atoms with Gasteiger partial charge in [-0.25, -0.2) is 15.0 Å². The summed E-state index contributed by atoms with van der Waals surface area (Å²) >= 11 is 0. The Morgan fingerprint density at radius 2 is 2.03 bits per heavy atom. The summed E-state index contributed by atoms with van der Waals surface area (Å²) in [4.78, 5) is 28.5. The second-order valence-corrected chi connectivity index (χ2v) is 7.39. The van der Waals surface area contributed by atoms with E-state index in [-0.39, 0.29) is 11.9 Å². The summed E-state index contributed by atoms with van der Waals surface area (Å²) in [6.45, 7) is 9.26. The molecule has 10 nitrogen and oxygen atoms in total. The minimum absolute atomic E-state index is 0.0591. The fourth-order valence-corrected chi connectivity index (χ4v) is 3.84. The molecule has 1 amide bonds. The second kappa shape index (κ2) is 8.39. The third-order valence-corrected chi connectivity index (χ3v) is 5.64. The molecule has 0 saturated carbocycles. The van der Waals surface area contributed by atoms with Crippen LogP contribution in [0.3, 0.4) is 0 Å². The number of aryl methyl sites for hydroxylation is 2. The molecule has 0 spiro atoms. The van der Waals surface area contributed by atoms with Crippen LogP contribution in [-0.2, 0) is 23.1 Å². The molecule has 0 unspecified atom stereocenters. The molecule has 1 N–H and O–H groups in total. The molecule has 1 aliphatic heterocycles. The smallest absolute Gasteiger partial charge is 0.245 e. The summed E-state index contributed by atoms with van der Waals surface area (Å²) in [6.07, 6.45) is 3.98. The monoisotopic (exact) mass is 412 g/mol. The average Bonchev–Trinajstić information content (AvgIpc) is 3.31. The molecule has 160 valence electrons. The molecular weight excluding hydrogens is 384 g/mol. The number of rotatable bonds is 6. The third-order valence-electron chi connectivity index (χ3n) is 5.64. The van der Waals surface area contributed by atoms with Gasteiger partial charge in [-0.2, -0.15) is 5.10 Å². The Labute approximate surface area is 175 Å². The molecule has 1 atom stereocenters. The number of nitrogens with one attached hydrogen (secondary N) is 1. The third kappa shape index (κ3) is 3.51. The van der Waals surface area contributed by atoms with Crippen LogP contribution >= 0.6 is 0 Å². The van der Waals surface area contributed by atoms with Gasteiger partial charge in [-0.15, -0.1) is 0 Å². The second-order valence-electron chi connectivity index (χ2n) is 7.39. The number of anilines is 1. The van der Waals surface area contributed by atoms with Gasteiger partial charge in [0.25, 0.3) is 0 Å². The van der Waals surface area contributed by atoms with Crippen molar-refractivity contribution in [3.63, 3.8) is 0 Å². The zero-order valence-corrected chi connectivity index (χ0v) is 17.9. The van der Waals surface area contributed by atoms with Crippen molar-refractivity contribution in [3.8, 4) is 11.4 Å². The van der Waals surface area contributed by atoms with Crippen LogP contribution < -0.4 is 5.32 Å². The van der Waals surface area contributed by atoms with Crippen molar-refractivity contribution in [2.24, 2.45) is 7.05 Å². The van der Waals surface area contributed by atoms with Gasteiger partial charge in [0.15, 0.2) is 17.0 Å². The SMILES string of the molecule is CC[C@@H](Nc1ncnc2c1nc(-c1cnn(CC)c1C)n2C)C(=O)N1CCOCC1. The summed E-state index contributed by atoms with van der Waals surface area (Å²) in [6, 6.07) is -0.378. The van der Waals surface area contributed by atoms with Crippen LogP contribution in [0.4, 0.5) is 5.82 Å². The van der Waals surface area contributed by atoms with Crippen LogP contribution in [-0.4, -0.2) is 72.5 Å². The number of hydrogen-bond acceptors (Lipinski definition) is 7. The first-order chi connectivity index (χ1) is 14.5. The molecule has 30 heavy (non-hydrogen) atoms. The van der Waals surface area contributed by atoms with E-state index in [0.717, 1.165) is 23.6 Å². The van der Waals surface area contributed by atoms with Crippen LogP contribution in [0.2, 0.25) is 0 Å². The zero-order valence-electron chi connectivity index (χ0n) is 17.9. The van der Waals surface area contributed by atoms with E-state index in [4.69, 9.17) is 9.72 Å². The van der Waals surface area contributed by atoms with Gasteiger partial charge in [-0.05, 0) is 20.3 Å². The van der Waals surface area contributed by atoms with Gasteiger partial charge in [0.05, 0.1) is 25.0 Å². The molecule has 3 aromatic rings. The van der Waals surface area contributed by atoms with Gasteiger partial charge in [0, 0.05) is 32.4 Å². The molecule has 0 radical (unpaired) electrons. The summed E-state index contributed by atoms with van der Waals surface area (Å²) < 4.78 is 9.24. The average molecular weight is 412 g/mol. The van der Waals surface area contributed by atoms with Crippen molar-refractivity contribution in [1.29, 1.82) is 0 Å². The van der Waals surface area contributed by atoms with Crippen LogP contribution in [0.25, 0.3) is 22.6 Å². The van der Waals surface area contributed by atoms with Crippen LogP contribution in [0.5, 0.6) is 0 Å². The summed E-state index contributed by atoms with van der Waals surface area (Å²) in [7, 11) is 1.93. The molecule has 1 fully saturated rings. The highest BCUT2D eigenvalue weighted by atomic mass is 16.5. The highest BCUT2D eigenvalue weighted by Gasteiger charge is 2.26. The lowest BCUT2D eigenvalue weighted by Crippen LogP contribution is -2.47. The number of amides is 1. The van der Waals surface area contributed by atoms with E-state index in [1.54, 1.807) is 0 Å². The van der Waals surface area contributed by atoms with E-state index in [2.05, 4.69) is 27.3 Å². The minimum atomic E-state index is -0.378. The van der Waals surface area contributed by atoms with Crippen molar-refractivity contribution in [2.75, 3.05) is 31.6 Å². The van der Waals surface area contributed by atoms with Gasteiger partial charge in [0.2, 0.25) is 5.91 Å². The molecule has 0 bridgehead atoms. The Kier molecular flexibility index (Phi) is 5.67. The molecular formula is C20H28N8O2. The predicted octanol–water partition coefficient (Wildman–Crippen LogP) is 1.60. The lowest BCUT2D eigenvalue weighted by Gasteiger charge is -2.30. The first-order valence-electron chi connectivity index (χ1n) is 10.4. The summed E-state index contributed by atoms with van der Waals surface area (Å²) in [5.41, 5.74) is 3.36. The fraction of sp³-hybridized carbons (Fsp3) is 0.550. The van der Waals surface area contributed by atoms with Crippen LogP contribution in [0.1, 0.15) is 26.0 Å². The van der Waals surface area contributed by atoms with E-state index in [9.17, 15) is 4.79 Å². The van der Waals surface area contributed by atoms with E-state index in [1.165, 1.54) is 6.33 Å². The predicted molar refractivity (Wildman–Crippen MR) is 113 cm³/mol. The van der Waals surface area contributed by atoms with E-state index >= 15 is 0 Å². The van der Waals surface area contributed by atoms with Crippen molar-refractivity contribution in [2.45, 2.75) is 39.8 Å². The lowest BCUT2D eigenvalue weighted by atomic mass is 10.2. The largest absolute Gasteiger partial charge is 0.378 e. The van der Waals surface area contributed by atoms with Crippen molar-refractivity contribution < 1.29 is 9.53 Å². The molecule has 4 rings (SSSR count). The Bertz CT molecular complexity index is 1050. The Balaban J connectivity index is 1.67. The normalized spacial score (nSPS) is 15.5. The number of carbonyl (C=O) groups excluding carboxylic acids is 1. The van der Waals surface area contributed by atoms with Gasteiger partial charge in [-0.3, -0.25) is 9.48 Å². The highest BCUT2D eigenvalue weighted by molar-refractivity contribution is 5.90. The maximum Gasteiger partial charge on any atom is 0.245 e. The van der Waals surface area contributed by atoms with Crippen molar-refractivity contribution >= 4 is 22.9 Å². The number of morpholine rings is 1. The van der Waals surface area contributed by atoms with Crippen molar-refractivity contribution in [3.05, 3.63) is 18.2 Å². The molecule has 0 aromatic carbocycles. The first-order valence-corrected chi connectivity index (χ1v) is 10.4. The summed E-state index contributed by atoms with van der Waals surface area (Å²) in [5, 5.41) is 7.74. The maximum absolute atomic E-state index is 13.0.